The zero-order chi connectivity index (χ0) is 24.5. The fourth-order valence-electron chi connectivity index (χ4n) is 6.75. The fraction of sp³-hybridized carbons (Fsp3) is 0.793. The molecule has 198 valence electrons. The highest BCUT2D eigenvalue weighted by molar-refractivity contribution is 5.40. The van der Waals surface area contributed by atoms with Gasteiger partial charge in [-0.3, -0.25) is 0 Å². The van der Waals surface area contributed by atoms with Crippen molar-refractivity contribution in [3.05, 3.63) is 29.3 Å². The molecule has 0 amide bonds. The maximum Gasteiger partial charge on any atom is 0.119 e. The third-order valence-corrected chi connectivity index (χ3v) is 8.61. The van der Waals surface area contributed by atoms with Crippen LogP contribution in [0.1, 0.15) is 69.4 Å². The standard InChI is InChI=1S/C29H46O6/c1-3-12-31-13-14-32-15-16-33-17-18-34-19-20-35-23-5-7-24-22(21-23)4-6-26-25(24)10-11-29(2)27(26)8-9-28(29)30/h5,7,21,25-28,30H,3-4,6,8-20H2,1-2H3/t25?,26?,27-,28?,29?/m0/s1. The van der Waals surface area contributed by atoms with Crippen LogP contribution in [0.3, 0.4) is 0 Å². The molecule has 0 saturated heterocycles. The van der Waals surface area contributed by atoms with Crippen molar-refractivity contribution < 1.29 is 28.8 Å². The van der Waals surface area contributed by atoms with Crippen LogP contribution in [0.2, 0.25) is 0 Å². The van der Waals surface area contributed by atoms with Gasteiger partial charge in [0.2, 0.25) is 0 Å². The molecule has 35 heavy (non-hydrogen) atoms. The summed E-state index contributed by atoms with van der Waals surface area (Å²) in [4.78, 5) is 0. The normalized spacial score (nSPS) is 29.5. The Kier molecular flexibility index (Phi) is 10.3. The summed E-state index contributed by atoms with van der Waals surface area (Å²) < 4.78 is 27.9. The van der Waals surface area contributed by atoms with Crippen molar-refractivity contribution in [1.82, 2.24) is 0 Å². The summed E-state index contributed by atoms with van der Waals surface area (Å²) in [7, 11) is 0. The molecular weight excluding hydrogens is 444 g/mol. The Labute approximate surface area is 211 Å². The Morgan fingerprint density at radius 1 is 0.829 bits per heavy atom. The number of benzene rings is 1. The van der Waals surface area contributed by atoms with E-state index in [1.54, 1.807) is 0 Å². The first-order chi connectivity index (χ1) is 17.1. The Hall–Kier alpha value is -1.18. The summed E-state index contributed by atoms with van der Waals surface area (Å²) in [6.45, 7) is 9.87. The van der Waals surface area contributed by atoms with Gasteiger partial charge < -0.3 is 28.8 Å². The molecule has 2 saturated carbocycles. The molecule has 0 radical (unpaired) electrons. The van der Waals surface area contributed by atoms with Crippen LogP contribution in [0, 0.1) is 17.3 Å². The van der Waals surface area contributed by atoms with Gasteiger partial charge >= 0.3 is 0 Å². The predicted octanol–water partition coefficient (Wildman–Crippen LogP) is 4.76. The highest BCUT2D eigenvalue weighted by Gasteiger charge is 2.54. The van der Waals surface area contributed by atoms with Gasteiger partial charge in [0.1, 0.15) is 12.4 Å². The summed E-state index contributed by atoms with van der Waals surface area (Å²) in [5.74, 6) is 3.00. The molecule has 6 nitrogen and oxygen atoms in total. The lowest BCUT2D eigenvalue weighted by atomic mass is 9.55. The second-order valence-corrected chi connectivity index (χ2v) is 10.7. The molecule has 1 aromatic rings. The van der Waals surface area contributed by atoms with Gasteiger partial charge in [0, 0.05) is 6.61 Å². The van der Waals surface area contributed by atoms with Gasteiger partial charge in [-0.25, -0.2) is 0 Å². The molecule has 0 aliphatic heterocycles. The molecule has 0 heterocycles. The van der Waals surface area contributed by atoms with Crippen LogP contribution in [-0.2, 0) is 25.4 Å². The first kappa shape index (κ1) is 26.9. The summed E-state index contributed by atoms with van der Waals surface area (Å²) in [6, 6.07) is 6.69. The van der Waals surface area contributed by atoms with Crippen molar-refractivity contribution in [3.63, 3.8) is 0 Å². The Morgan fingerprint density at radius 3 is 2.17 bits per heavy atom. The zero-order valence-electron chi connectivity index (χ0n) is 21.8. The lowest BCUT2D eigenvalue weighted by molar-refractivity contribution is -0.0226. The van der Waals surface area contributed by atoms with E-state index in [1.807, 2.05) is 0 Å². The van der Waals surface area contributed by atoms with Gasteiger partial charge in [0.25, 0.3) is 0 Å². The molecule has 1 aromatic carbocycles. The van der Waals surface area contributed by atoms with E-state index in [2.05, 4.69) is 32.0 Å². The first-order valence-corrected chi connectivity index (χ1v) is 13.9. The average Bonchev–Trinajstić information content (AvgIpc) is 3.18. The maximum atomic E-state index is 10.6. The molecule has 1 N–H and O–H groups in total. The van der Waals surface area contributed by atoms with Gasteiger partial charge in [-0.1, -0.05) is 19.9 Å². The SMILES string of the molecule is CCCOCCOCCOCCOCCOc1ccc2c(c1)CCC1C2CCC2(C)C(O)CC[C@@H]12. The molecule has 3 aliphatic carbocycles. The van der Waals surface area contributed by atoms with Crippen LogP contribution in [0.15, 0.2) is 18.2 Å². The summed E-state index contributed by atoms with van der Waals surface area (Å²) in [6.07, 6.45) is 7.85. The third kappa shape index (κ3) is 6.78. The summed E-state index contributed by atoms with van der Waals surface area (Å²) in [5, 5.41) is 10.6. The molecule has 3 aliphatic rings. The van der Waals surface area contributed by atoms with E-state index in [0.717, 1.165) is 44.0 Å². The Bertz CT molecular complexity index is 770. The number of hydrogen-bond acceptors (Lipinski definition) is 6. The topological polar surface area (TPSA) is 66.4 Å². The van der Waals surface area contributed by atoms with Crippen LogP contribution >= 0.6 is 0 Å². The second-order valence-electron chi connectivity index (χ2n) is 10.7. The predicted molar refractivity (Wildman–Crippen MR) is 136 cm³/mol. The lowest BCUT2D eigenvalue weighted by Crippen LogP contribution is -2.43. The van der Waals surface area contributed by atoms with E-state index in [4.69, 9.17) is 23.7 Å². The van der Waals surface area contributed by atoms with Crippen LogP contribution in [-0.4, -0.2) is 70.7 Å². The molecule has 5 atom stereocenters. The third-order valence-electron chi connectivity index (χ3n) is 8.61. The number of rotatable bonds is 15. The van der Waals surface area contributed by atoms with E-state index >= 15 is 0 Å². The number of aryl methyl sites for hydroxylation is 1. The van der Waals surface area contributed by atoms with E-state index in [9.17, 15) is 5.11 Å². The van der Waals surface area contributed by atoms with Crippen molar-refractivity contribution in [1.29, 1.82) is 0 Å². The monoisotopic (exact) mass is 490 g/mol. The smallest absolute Gasteiger partial charge is 0.119 e. The van der Waals surface area contributed by atoms with E-state index in [-0.39, 0.29) is 11.5 Å². The van der Waals surface area contributed by atoms with Crippen molar-refractivity contribution in [3.8, 4) is 5.75 Å². The van der Waals surface area contributed by atoms with Crippen molar-refractivity contribution in [2.75, 3.05) is 59.5 Å². The number of fused-ring (bicyclic) bond motifs is 5. The zero-order valence-corrected chi connectivity index (χ0v) is 21.8. The molecule has 6 heteroatoms. The van der Waals surface area contributed by atoms with Crippen LogP contribution in [0.25, 0.3) is 0 Å². The Balaban J connectivity index is 1.09. The highest BCUT2D eigenvalue weighted by Crippen LogP contribution is 2.60. The molecule has 0 spiro atoms. The van der Waals surface area contributed by atoms with Crippen LogP contribution in [0.5, 0.6) is 5.75 Å². The second kappa shape index (κ2) is 13.4. The van der Waals surface area contributed by atoms with E-state index in [1.165, 1.54) is 30.4 Å². The minimum atomic E-state index is -0.103. The van der Waals surface area contributed by atoms with Crippen molar-refractivity contribution in [2.45, 2.75) is 70.8 Å². The minimum absolute atomic E-state index is 0.103. The van der Waals surface area contributed by atoms with E-state index < -0.39 is 0 Å². The molecule has 2 fully saturated rings. The van der Waals surface area contributed by atoms with Crippen LogP contribution in [0.4, 0.5) is 0 Å². The summed E-state index contributed by atoms with van der Waals surface area (Å²) in [5.41, 5.74) is 3.13. The maximum absolute atomic E-state index is 10.6. The van der Waals surface area contributed by atoms with Gasteiger partial charge in [-0.05, 0) is 91.4 Å². The Morgan fingerprint density at radius 2 is 1.49 bits per heavy atom. The molecular formula is C29H46O6. The van der Waals surface area contributed by atoms with Gasteiger partial charge in [0.05, 0.1) is 52.4 Å². The van der Waals surface area contributed by atoms with Crippen molar-refractivity contribution >= 4 is 0 Å². The van der Waals surface area contributed by atoms with Gasteiger partial charge in [-0.15, -0.1) is 0 Å². The minimum Gasteiger partial charge on any atom is -0.491 e. The van der Waals surface area contributed by atoms with Crippen molar-refractivity contribution in [2.24, 2.45) is 17.3 Å². The number of ether oxygens (including phenoxy) is 5. The highest BCUT2D eigenvalue weighted by atomic mass is 16.6. The average molecular weight is 491 g/mol. The molecule has 4 rings (SSSR count). The summed E-state index contributed by atoms with van der Waals surface area (Å²) >= 11 is 0. The van der Waals surface area contributed by atoms with Crippen LogP contribution < -0.4 is 4.74 Å². The molecule has 0 bridgehead atoms. The van der Waals surface area contributed by atoms with Gasteiger partial charge in [-0.2, -0.15) is 0 Å². The fourth-order valence-corrected chi connectivity index (χ4v) is 6.75. The number of hydrogen-bond donors (Lipinski definition) is 1. The largest absolute Gasteiger partial charge is 0.491 e. The number of aliphatic hydroxyl groups excluding tert-OH is 1. The molecule has 0 aromatic heterocycles. The quantitative estimate of drug-likeness (QED) is 0.358. The first-order valence-electron chi connectivity index (χ1n) is 13.9. The lowest BCUT2D eigenvalue weighted by Gasteiger charge is -2.50. The van der Waals surface area contributed by atoms with E-state index in [0.29, 0.717) is 64.7 Å². The molecule has 4 unspecified atom stereocenters. The number of aliphatic hydroxyl groups is 1. The van der Waals surface area contributed by atoms with Gasteiger partial charge in [0.15, 0.2) is 0 Å².